The molecule has 0 saturated carbocycles. The largest absolute Gasteiger partial charge is 0.493 e. The molecule has 3 aromatic carbocycles. The number of allylic oxidation sites excluding steroid dienone is 1. The summed E-state index contributed by atoms with van der Waals surface area (Å²) in [4.78, 5) is 12.7. The molecule has 0 aliphatic carbocycles. The fourth-order valence-electron chi connectivity index (χ4n) is 4.13. The van der Waals surface area contributed by atoms with Crippen LogP contribution in [0.5, 0.6) is 17.2 Å². The molecule has 0 radical (unpaired) electrons. The number of benzene rings is 3. The van der Waals surface area contributed by atoms with Gasteiger partial charge in [0, 0.05) is 11.6 Å². The average molecular weight is 497 g/mol. The van der Waals surface area contributed by atoms with Crippen molar-refractivity contribution in [2.45, 2.75) is 46.0 Å². The summed E-state index contributed by atoms with van der Waals surface area (Å²) in [5, 5.41) is 9.84. The minimum Gasteiger partial charge on any atom is -0.493 e. The van der Waals surface area contributed by atoms with E-state index in [1.165, 1.54) is 5.56 Å². The van der Waals surface area contributed by atoms with E-state index >= 15 is 0 Å². The highest BCUT2D eigenvalue weighted by Gasteiger charge is 2.31. The Kier molecular flexibility index (Phi) is 7.26. The summed E-state index contributed by atoms with van der Waals surface area (Å²) in [6, 6.07) is 22.4. The summed E-state index contributed by atoms with van der Waals surface area (Å²) in [5.74, 6) is 1.03. The van der Waals surface area contributed by atoms with Crippen LogP contribution >= 0.6 is 0 Å². The van der Waals surface area contributed by atoms with Crippen LogP contribution in [0.1, 0.15) is 67.6 Å². The molecule has 0 fully saturated rings. The number of carbonyl (C=O) groups is 1. The van der Waals surface area contributed by atoms with Crippen molar-refractivity contribution in [2.24, 2.45) is 11.7 Å². The smallest absolute Gasteiger partial charge is 0.343 e. The van der Waals surface area contributed by atoms with E-state index in [2.05, 4.69) is 52.8 Å². The molecule has 4 rings (SSSR count). The molecule has 0 spiro atoms. The Morgan fingerprint density at radius 2 is 1.68 bits per heavy atom. The molecule has 1 unspecified atom stereocenters. The van der Waals surface area contributed by atoms with Crippen molar-refractivity contribution in [3.05, 3.63) is 100 Å². The number of esters is 1. The zero-order chi connectivity index (χ0) is 26.7. The van der Waals surface area contributed by atoms with Crippen LogP contribution in [0, 0.1) is 17.2 Å². The first kappa shape index (κ1) is 25.8. The van der Waals surface area contributed by atoms with E-state index in [1.807, 2.05) is 18.2 Å². The highest BCUT2D eigenvalue weighted by Crippen LogP contribution is 2.43. The Morgan fingerprint density at radius 1 is 1.03 bits per heavy atom. The summed E-state index contributed by atoms with van der Waals surface area (Å²) in [7, 11) is 0. The summed E-state index contributed by atoms with van der Waals surface area (Å²) >= 11 is 0. The van der Waals surface area contributed by atoms with Gasteiger partial charge in [-0.3, -0.25) is 0 Å². The first-order valence-electron chi connectivity index (χ1n) is 12.3. The van der Waals surface area contributed by atoms with Gasteiger partial charge in [-0.2, -0.15) is 5.26 Å². The quantitative estimate of drug-likeness (QED) is 0.311. The molecule has 37 heavy (non-hydrogen) atoms. The van der Waals surface area contributed by atoms with Gasteiger partial charge in [0.05, 0.1) is 18.1 Å². The Bertz CT molecular complexity index is 1360. The van der Waals surface area contributed by atoms with Gasteiger partial charge in [0.25, 0.3) is 0 Å². The van der Waals surface area contributed by atoms with Crippen LogP contribution < -0.4 is 19.9 Å². The first-order valence-corrected chi connectivity index (χ1v) is 12.3. The van der Waals surface area contributed by atoms with E-state index in [-0.39, 0.29) is 17.2 Å². The van der Waals surface area contributed by atoms with Crippen LogP contribution in [0.3, 0.4) is 0 Å². The summed E-state index contributed by atoms with van der Waals surface area (Å²) in [6.07, 6.45) is 0. The number of hydrogen-bond acceptors (Lipinski definition) is 6. The van der Waals surface area contributed by atoms with Crippen LogP contribution in [-0.4, -0.2) is 12.6 Å². The molecule has 0 aromatic heterocycles. The Balaban J connectivity index is 1.57. The van der Waals surface area contributed by atoms with Crippen LogP contribution in [0.4, 0.5) is 0 Å². The molecular formula is C31H32N2O4. The molecule has 0 bridgehead atoms. The first-order chi connectivity index (χ1) is 17.6. The van der Waals surface area contributed by atoms with Gasteiger partial charge < -0.3 is 19.9 Å². The normalized spacial score (nSPS) is 15.0. The number of carbonyl (C=O) groups excluding carboxylic acids is 1. The van der Waals surface area contributed by atoms with Gasteiger partial charge in [0.15, 0.2) is 0 Å². The molecule has 0 saturated heterocycles. The number of fused-ring (bicyclic) bond motifs is 1. The molecule has 0 amide bonds. The standard InChI is InChI=1S/C31H32N2O4/c1-19(2)18-35-23-12-8-21(9-13-23)30(34)36-24-14-15-25-27(16-24)37-29(33)26(17-32)28(25)20-6-10-22(11-7-20)31(3,4)5/h6-16,19,28H,18,33H2,1-5H3. The Labute approximate surface area is 218 Å². The number of nitrogens with zero attached hydrogens (tertiary/aromatic N) is 1. The van der Waals surface area contributed by atoms with E-state index in [0.717, 1.165) is 11.1 Å². The SMILES string of the molecule is CC(C)COc1ccc(C(=O)Oc2ccc3c(c2)OC(N)=C(C#N)C3c2ccc(C(C)(C)C)cc2)cc1. The van der Waals surface area contributed by atoms with E-state index in [1.54, 1.807) is 36.4 Å². The van der Waals surface area contributed by atoms with Gasteiger partial charge in [-0.25, -0.2) is 4.79 Å². The Morgan fingerprint density at radius 3 is 2.27 bits per heavy atom. The number of hydrogen-bond donors (Lipinski definition) is 1. The maximum absolute atomic E-state index is 12.7. The van der Waals surface area contributed by atoms with Crippen molar-refractivity contribution in [1.29, 1.82) is 5.26 Å². The summed E-state index contributed by atoms with van der Waals surface area (Å²) in [5.41, 5.74) is 9.81. The van der Waals surface area contributed by atoms with Crippen LogP contribution in [0.15, 0.2) is 78.2 Å². The second kappa shape index (κ2) is 10.4. The molecule has 3 aromatic rings. The predicted octanol–water partition coefficient (Wildman–Crippen LogP) is 6.46. The molecule has 2 N–H and O–H groups in total. The lowest BCUT2D eigenvalue weighted by Crippen LogP contribution is -2.21. The maximum atomic E-state index is 12.7. The molecule has 1 heterocycles. The van der Waals surface area contributed by atoms with Crippen LogP contribution in [0.2, 0.25) is 0 Å². The summed E-state index contributed by atoms with van der Waals surface area (Å²) < 4.78 is 17.1. The molecule has 6 nitrogen and oxygen atoms in total. The third kappa shape index (κ3) is 5.78. The summed E-state index contributed by atoms with van der Waals surface area (Å²) in [6.45, 7) is 11.2. The van der Waals surface area contributed by atoms with Crippen molar-refractivity contribution in [1.82, 2.24) is 0 Å². The van der Waals surface area contributed by atoms with Crippen molar-refractivity contribution in [2.75, 3.05) is 6.61 Å². The second-order valence-electron chi connectivity index (χ2n) is 10.6. The zero-order valence-corrected chi connectivity index (χ0v) is 21.9. The Hall–Kier alpha value is -4.24. The number of rotatable bonds is 6. The maximum Gasteiger partial charge on any atom is 0.343 e. The van der Waals surface area contributed by atoms with E-state index < -0.39 is 5.97 Å². The van der Waals surface area contributed by atoms with Crippen molar-refractivity contribution in [3.63, 3.8) is 0 Å². The highest BCUT2D eigenvalue weighted by atomic mass is 16.5. The van der Waals surface area contributed by atoms with Crippen LogP contribution in [0.25, 0.3) is 0 Å². The van der Waals surface area contributed by atoms with Gasteiger partial charge in [-0.05, 0) is 52.8 Å². The molecular weight excluding hydrogens is 464 g/mol. The average Bonchev–Trinajstić information content (AvgIpc) is 2.86. The lowest BCUT2D eigenvalue weighted by atomic mass is 9.81. The van der Waals surface area contributed by atoms with Gasteiger partial charge in [-0.1, -0.05) is 65.0 Å². The number of ether oxygens (including phenoxy) is 3. The molecule has 6 heteroatoms. The van der Waals surface area contributed by atoms with Gasteiger partial charge in [0.1, 0.15) is 28.9 Å². The fraction of sp³-hybridized carbons (Fsp3) is 0.290. The lowest BCUT2D eigenvalue weighted by Gasteiger charge is -2.27. The van der Waals surface area contributed by atoms with Crippen LogP contribution in [-0.2, 0) is 5.41 Å². The monoisotopic (exact) mass is 496 g/mol. The molecule has 190 valence electrons. The third-order valence-electron chi connectivity index (χ3n) is 6.18. The second-order valence-corrected chi connectivity index (χ2v) is 10.6. The number of nitrogens with two attached hydrogens (primary N) is 1. The van der Waals surface area contributed by atoms with Crippen molar-refractivity contribution in [3.8, 4) is 23.3 Å². The number of nitriles is 1. The molecule has 1 atom stereocenters. The predicted molar refractivity (Wildman–Crippen MR) is 143 cm³/mol. The third-order valence-corrected chi connectivity index (χ3v) is 6.18. The van der Waals surface area contributed by atoms with Crippen molar-refractivity contribution < 1.29 is 19.0 Å². The minimum absolute atomic E-state index is 0.0131. The zero-order valence-electron chi connectivity index (χ0n) is 21.9. The fourth-order valence-corrected chi connectivity index (χ4v) is 4.13. The minimum atomic E-state index is -0.498. The van der Waals surface area contributed by atoms with E-state index in [4.69, 9.17) is 19.9 Å². The molecule has 1 aliphatic rings. The highest BCUT2D eigenvalue weighted by molar-refractivity contribution is 5.91. The molecule has 1 aliphatic heterocycles. The van der Waals surface area contributed by atoms with Gasteiger partial charge in [0.2, 0.25) is 5.88 Å². The van der Waals surface area contributed by atoms with Gasteiger partial charge >= 0.3 is 5.97 Å². The lowest BCUT2D eigenvalue weighted by molar-refractivity contribution is 0.0734. The van der Waals surface area contributed by atoms with Crippen molar-refractivity contribution >= 4 is 5.97 Å². The van der Waals surface area contributed by atoms with Gasteiger partial charge in [-0.15, -0.1) is 0 Å². The topological polar surface area (TPSA) is 94.6 Å². The van der Waals surface area contributed by atoms with E-state index in [0.29, 0.717) is 40.9 Å². The van der Waals surface area contributed by atoms with E-state index in [9.17, 15) is 10.1 Å².